The van der Waals surface area contributed by atoms with E-state index >= 15 is 0 Å². The van der Waals surface area contributed by atoms with E-state index in [0.717, 1.165) is 33.2 Å². The van der Waals surface area contributed by atoms with E-state index < -0.39 is 22.2 Å². The molecule has 42 heavy (non-hydrogen) atoms. The minimum Gasteiger partial charge on any atom is -0.394 e. The van der Waals surface area contributed by atoms with Gasteiger partial charge < -0.3 is 19.3 Å². The van der Waals surface area contributed by atoms with Crippen molar-refractivity contribution in [3.63, 3.8) is 0 Å². The fraction of sp³-hybridized carbons (Fsp3) is 0.364. The third-order valence-corrected chi connectivity index (χ3v) is 10.2. The molecule has 2 heterocycles. The van der Waals surface area contributed by atoms with Crippen molar-refractivity contribution in [2.24, 2.45) is 13.0 Å². The zero-order valence-electron chi connectivity index (χ0n) is 24.8. The van der Waals surface area contributed by atoms with Crippen LogP contribution in [0.25, 0.3) is 22.0 Å². The van der Waals surface area contributed by atoms with Crippen LogP contribution in [0.3, 0.4) is 0 Å². The summed E-state index contributed by atoms with van der Waals surface area (Å²) in [4.78, 5) is 16.4. The zero-order chi connectivity index (χ0) is 30.2. The fourth-order valence-electron chi connectivity index (χ4n) is 5.77. The number of aliphatic hydroxyl groups is 1. The van der Waals surface area contributed by atoms with E-state index in [4.69, 9.17) is 4.74 Å². The molecule has 1 aromatic heterocycles. The van der Waals surface area contributed by atoms with Crippen molar-refractivity contribution < 1.29 is 23.1 Å². The molecule has 1 aliphatic rings. The molecule has 1 amide bonds. The summed E-state index contributed by atoms with van der Waals surface area (Å²) in [5.74, 6) is -0.435. The molecule has 5 rings (SSSR count). The van der Waals surface area contributed by atoms with Gasteiger partial charge in [0.05, 0.1) is 30.3 Å². The molecule has 0 fully saturated rings. The molecule has 8 nitrogen and oxygen atoms in total. The first-order chi connectivity index (χ1) is 20.0. The van der Waals surface area contributed by atoms with Crippen LogP contribution >= 0.6 is 0 Å². The number of amides is 1. The van der Waals surface area contributed by atoms with Crippen molar-refractivity contribution in [2.75, 3.05) is 26.7 Å². The summed E-state index contributed by atoms with van der Waals surface area (Å²) in [6.45, 7) is 6.12. The Morgan fingerprint density at radius 2 is 1.71 bits per heavy atom. The number of ether oxygens (including phenoxy) is 1. The van der Waals surface area contributed by atoms with Gasteiger partial charge in [-0.3, -0.25) is 4.79 Å². The average Bonchev–Trinajstić information content (AvgIpc) is 3.28. The first-order valence-electron chi connectivity index (χ1n) is 14.3. The van der Waals surface area contributed by atoms with Crippen molar-refractivity contribution in [3.05, 3.63) is 89.6 Å². The Morgan fingerprint density at radius 3 is 2.43 bits per heavy atom. The molecular weight excluding hydrogens is 550 g/mol. The Morgan fingerprint density at radius 1 is 1.05 bits per heavy atom. The average molecular weight is 590 g/mol. The lowest BCUT2D eigenvalue weighted by Crippen LogP contribution is -2.48. The normalized spacial score (nSPS) is 18.9. The van der Waals surface area contributed by atoms with Crippen molar-refractivity contribution in [3.8, 4) is 11.1 Å². The molecule has 0 radical (unpaired) electrons. The highest BCUT2D eigenvalue weighted by atomic mass is 32.2. The summed E-state index contributed by atoms with van der Waals surface area (Å²) < 4.78 is 36.8. The summed E-state index contributed by atoms with van der Waals surface area (Å²) in [6, 6.07) is 22.2. The summed E-state index contributed by atoms with van der Waals surface area (Å²) in [5, 5.41) is 11.2. The van der Waals surface area contributed by atoms with Crippen LogP contribution in [0.15, 0.2) is 77.7 Å². The Balaban J connectivity index is 1.60. The van der Waals surface area contributed by atoms with Crippen LogP contribution in [0.2, 0.25) is 0 Å². The molecule has 0 unspecified atom stereocenters. The van der Waals surface area contributed by atoms with Gasteiger partial charge in [-0.25, -0.2) is 8.42 Å². The molecule has 222 valence electrons. The van der Waals surface area contributed by atoms with Gasteiger partial charge in [0.15, 0.2) is 0 Å². The number of likely N-dealkylation sites (N-methyl/N-ethyl adjacent to an activating group) is 1. The largest absolute Gasteiger partial charge is 0.394 e. The smallest absolute Gasteiger partial charge is 0.271 e. The highest BCUT2D eigenvalue weighted by Gasteiger charge is 2.34. The van der Waals surface area contributed by atoms with Gasteiger partial charge in [-0.15, -0.1) is 0 Å². The number of carbonyl (C=O) groups is 1. The van der Waals surface area contributed by atoms with E-state index in [1.807, 2.05) is 80.9 Å². The van der Waals surface area contributed by atoms with E-state index in [1.54, 1.807) is 36.2 Å². The van der Waals surface area contributed by atoms with Crippen molar-refractivity contribution in [1.29, 1.82) is 0 Å². The summed E-state index contributed by atoms with van der Waals surface area (Å²) in [5.41, 5.74) is 5.10. The number of benzene rings is 3. The van der Waals surface area contributed by atoms with Crippen LogP contribution in [0.1, 0.15) is 35.5 Å². The van der Waals surface area contributed by atoms with E-state index in [-0.39, 0.29) is 43.0 Å². The number of carbonyl (C=O) groups excluding carboxylic acids is 1. The standard InChI is InChI=1S/C33H39N3O5S/c1-22-14-16-26(17-15-22)42(39,40)34(4)19-30-23(2)18-36(24(3)20-37)33(38)32-31(27-11-7-6-10-25(27)21-41-30)28-12-8-9-13-29(28)35(32)5/h6-17,23-24,30,37H,18-21H2,1-5H3/t23-,24+,30+/m1/s1. The lowest BCUT2D eigenvalue weighted by atomic mass is 9.96. The fourth-order valence-corrected chi connectivity index (χ4v) is 6.95. The van der Waals surface area contributed by atoms with Crippen molar-refractivity contribution in [1.82, 2.24) is 13.8 Å². The molecule has 3 aromatic carbocycles. The van der Waals surface area contributed by atoms with Gasteiger partial charge in [-0.05, 0) is 43.2 Å². The third-order valence-electron chi connectivity index (χ3n) is 8.39. The van der Waals surface area contributed by atoms with Gasteiger partial charge in [0.2, 0.25) is 10.0 Å². The van der Waals surface area contributed by atoms with Crippen molar-refractivity contribution >= 4 is 26.8 Å². The van der Waals surface area contributed by atoms with Gasteiger partial charge in [0.1, 0.15) is 5.69 Å². The number of sulfonamides is 1. The van der Waals surface area contributed by atoms with Crippen LogP contribution in [0.5, 0.6) is 0 Å². The molecular formula is C33H39N3O5S. The SMILES string of the molecule is Cc1ccc(S(=O)(=O)N(C)C[C@@H]2OCc3ccccc3-c3c(n(C)c4ccccc34)C(=O)N([C@@H](C)CO)C[C@H]2C)cc1. The molecule has 0 saturated carbocycles. The summed E-state index contributed by atoms with van der Waals surface area (Å²) >= 11 is 0. The maximum Gasteiger partial charge on any atom is 0.271 e. The topological polar surface area (TPSA) is 92.1 Å². The molecule has 1 N–H and O–H groups in total. The number of aromatic nitrogens is 1. The van der Waals surface area contributed by atoms with E-state index in [2.05, 4.69) is 0 Å². The first-order valence-corrected chi connectivity index (χ1v) is 15.7. The van der Waals surface area contributed by atoms with Crippen LogP contribution < -0.4 is 0 Å². The quantitative estimate of drug-likeness (QED) is 0.348. The molecule has 0 aliphatic carbocycles. The minimum absolute atomic E-state index is 0.102. The number of aryl methyl sites for hydroxylation is 2. The lowest BCUT2D eigenvalue weighted by Gasteiger charge is -2.35. The highest BCUT2D eigenvalue weighted by molar-refractivity contribution is 7.89. The van der Waals surface area contributed by atoms with Gasteiger partial charge in [-0.1, -0.05) is 67.1 Å². The second-order valence-electron chi connectivity index (χ2n) is 11.4. The molecule has 0 spiro atoms. The van der Waals surface area contributed by atoms with E-state index in [1.165, 1.54) is 4.31 Å². The first kappa shape index (κ1) is 30.0. The Kier molecular flexibility index (Phi) is 8.57. The maximum absolute atomic E-state index is 14.5. The molecule has 0 saturated heterocycles. The zero-order valence-corrected chi connectivity index (χ0v) is 25.6. The second kappa shape index (κ2) is 12.0. The van der Waals surface area contributed by atoms with Crippen LogP contribution in [0.4, 0.5) is 0 Å². The number of fused-ring (bicyclic) bond motifs is 5. The Bertz CT molecular complexity index is 1700. The number of hydrogen-bond acceptors (Lipinski definition) is 5. The number of hydrogen-bond donors (Lipinski definition) is 1. The highest BCUT2D eigenvalue weighted by Crippen LogP contribution is 2.38. The molecule has 9 heteroatoms. The van der Waals surface area contributed by atoms with Crippen molar-refractivity contribution in [2.45, 2.75) is 44.4 Å². The molecule has 0 bridgehead atoms. The van der Waals surface area contributed by atoms with Gasteiger partial charge in [0.25, 0.3) is 5.91 Å². The number of para-hydroxylation sites is 1. The Labute approximate surface area is 248 Å². The lowest BCUT2D eigenvalue weighted by molar-refractivity contribution is -0.0147. The van der Waals surface area contributed by atoms with Crippen LogP contribution in [-0.2, 0) is 28.4 Å². The predicted octanol–water partition coefficient (Wildman–Crippen LogP) is 4.83. The predicted molar refractivity (Wildman–Crippen MR) is 165 cm³/mol. The van der Waals surface area contributed by atoms with Crippen LogP contribution in [0, 0.1) is 12.8 Å². The van der Waals surface area contributed by atoms with Gasteiger partial charge in [-0.2, -0.15) is 4.31 Å². The van der Waals surface area contributed by atoms with Crippen LogP contribution in [-0.4, -0.2) is 72.1 Å². The summed E-state index contributed by atoms with van der Waals surface area (Å²) in [7, 11) is -0.303. The monoisotopic (exact) mass is 589 g/mol. The van der Waals surface area contributed by atoms with E-state index in [9.17, 15) is 18.3 Å². The third kappa shape index (κ3) is 5.49. The minimum atomic E-state index is -3.76. The molecule has 3 atom stereocenters. The number of rotatable bonds is 6. The molecule has 4 aromatic rings. The van der Waals surface area contributed by atoms with Gasteiger partial charge in [0, 0.05) is 49.6 Å². The number of nitrogens with zero attached hydrogens (tertiary/aromatic N) is 3. The maximum atomic E-state index is 14.5. The molecule has 1 aliphatic heterocycles. The van der Waals surface area contributed by atoms with E-state index in [0.29, 0.717) is 5.69 Å². The Hall–Kier alpha value is -3.50. The number of aliphatic hydroxyl groups excluding tert-OH is 1. The summed E-state index contributed by atoms with van der Waals surface area (Å²) in [6.07, 6.45) is -0.526. The second-order valence-corrected chi connectivity index (χ2v) is 13.4. The van der Waals surface area contributed by atoms with Gasteiger partial charge >= 0.3 is 0 Å².